The molecule has 0 aromatic carbocycles. The molecule has 1 aromatic rings. The second kappa shape index (κ2) is 5.56. The zero-order valence-electron chi connectivity index (χ0n) is 12.8. The van der Waals surface area contributed by atoms with Gasteiger partial charge >= 0.3 is 8.05 Å². The van der Waals surface area contributed by atoms with Crippen molar-refractivity contribution < 1.29 is 9.39 Å². The molecule has 0 fully saturated rings. The minimum Gasteiger partial charge on any atom is -0.554 e. The lowest BCUT2D eigenvalue weighted by molar-refractivity contribution is 0.151. The number of aryl methyl sites for hydroxylation is 1. The number of hydrogen-bond donors (Lipinski definition) is 1. The van der Waals surface area contributed by atoms with Crippen molar-refractivity contribution in [1.82, 2.24) is 15.1 Å². The Hall–Kier alpha value is -2.36. The second-order valence-electron chi connectivity index (χ2n) is 4.98. The molecule has 7 heteroatoms. The summed E-state index contributed by atoms with van der Waals surface area (Å²) < 4.78 is 12.1. The highest BCUT2D eigenvalue weighted by atomic mass is 16.5. The highest BCUT2D eigenvalue weighted by Crippen LogP contribution is 2.28. The van der Waals surface area contributed by atoms with Gasteiger partial charge in [0.2, 0.25) is 5.88 Å². The molecule has 1 N–H and O–H groups in total. The molecule has 0 aliphatic carbocycles. The van der Waals surface area contributed by atoms with Gasteiger partial charge in [0, 0.05) is 5.69 Å². The molecular weight excluding hydrogens is 267 g/mol. The van der Waals surface area contributed by atoms with Crippen molar-refractivity contribution in [2.24, 2.45) is 0 Å². The molecule has 1 atom stereocenters. The molecule has 0 saturated carbocycles. The molecule has 2 rings (SSSR count). The van der Waals surface area contributed by atoms with E-state index in [1.165, 1.54) is 4.68 Å². The lowest BCUT2D eigenvalue weighted by Gasteiger charge is -2.13. The maximum absolute atomic E-state index is 9.49. The van der Waals surface area contributed by atoms with E-state index in [0.717, 1.165) is 22.6 Å². The van der Waals surface area contributed by atoms with Gasteiger partial charge < -0.3 is 14.7 Å². The van der Waals surface area contributed by atoms with E-state index in [1.807, 2.05) is 34.6 Å². The van der Waals surface area contributed by atoms with Crippen LogP contribution < -0.4 is 5.32 Å². The first-order valence-electron chi connectivity index (χ1n) is 6.59. The van der Waals surface area contributed by atoms with Gasteiger partial charge in [0.05, 0.1) is 11.4 Å². The molecule has 1 aliphatic rings. The molecule has 2 radical (unpaired) electrons. The van der Waals surface area contributed by atoms with Crippen molar-refractivity contribution >= 4 is 13.9 Å². The maximum Gasteiger partial charge on any atom is 0.376 e. The summed E-state index contributed by atoms with van der Waals surface area (Å²) in [5.74, 6) is 0.576. The van der Waals surface area contributed by atoms with E-state index in [-0.39, 0.29) is 17.7 Å². The summed E-state index contributed by atoms with van der Waals surface area (Å²) in [4.78, 5) is 0. The van der Waals surface area contributed by atoms with Crippen molar-refractivity contribution in [3.8, 4) is 6.07 Å². The predicted molar refractivity (Wildman–Crippen MR) is 78.5 cm³/mol. The van der Waals surface area contributed by atoms with Crippen molar-refractivity contribution in [2.45, 2.75) is 40.8 Å². The second-order valence-corrected chi connectivity index (χ2v) is 4.98. The Bertz CT molecular complexity index is 682. The summed E-state index contributed by atoms with van der Waals surface area (Å²) in [5, 5.41) is 17.0. The standard InChI is InChI=1S/C14H17BN4O2/c1-7-8(2)18-19(10(7)4)14(21-15)12(6-16)13-9(3)17-11(5)20-13/h11,17H,1-5H3. The molecule has 6 nitrogen and oxygen atoms in total. The quantitative estimate of drug-likeness (QED) is 0.520. The Morgan fingerprint density at radius 2 is 2.10 bits per heavy atom. The van der Waals surface area contributed by atoms with Crippen LogP contribution in [0.2, 0.25) is 0 Å². The van der Waals surface area contributed by atoms with Gasteiger partial charge in [0.25, 0.3) is 0 Å². The molecule has 0 amide bonds. The lowest BCUT2D eigenvalue weighted by atomic mass is 10.2. The zero-order valence-corrected chi connectivity index (χ0v) is 12.8. The van der Waals surface area contributed by atoms with E-state index in [2.05, 4.69) is 16.5 Å². The number of hydrogen-bond acceptors (Lipinski definition) is 5. The average Bonchev–Trinajstić information content (AvgIpc) is 2.90. The van der Waals surface area contributed by atoms with Crippen LogP contribution >= 0.6 is 0 Å². The number of allylic oxidation sites excluding steroid dienone is 2. The Labute approximate surface area is 125 Å². The van der Waals surface area contributed by atoms with Crippen molar-refractivity contribution in [3.63, 3.8) is 0 Å². The van der Waals surface area contributed by atoms with Crippen molar-refractivity contribution in [1.29, 1.82) is 5.26 Å². The number of ether oxygens (including phenoxy) is 1. The van der Waals surface area contributed by atoms with Gasteiger partial charge in [0.15, 0.2) is 17.6 Å². The Balaban J connectivity index is 2.63. The molecule has 108 valence electrons. The summed E-state index contributed by atoms with van der Waals surface area (Å²) in [7, 11) is 5.39. The minimum atomic E-state index is -0.204. The Morgan fingerprint density at radius 3 is 2.48 bits per heavy atom. The normalized spacial score (nSPS) is 18.8. The van der Waals surface area contributed by atoms with Gasteiger partial charge in [-0.1, -0.05) is 0 Å². The van der Waals surface area contributed by atoms with Crippen molar-refractivity contribution in [3.05, 3.63) is 34.0 Å². The number of nitriles is 1. The van der Waals surface area contributed by atoms with E-state index in [1.54, 1.807) is 0 Å². The number of nitrogens with one attached hydrogen (secondary N) is 1. The Morgan fingerprint density at radius 1 is 1.43 bits per heavy atom. The van der Waals surface area contributed by atoms with Crippen LogP contribution in [0.4, 0.5) is 0 Å². The fourth-order valence-corrected chi connectivity index (χ4v) is 2.24. The van der Waals surface area contributed by atoms with Crippen LogP contribution in [0.3, 0.4) is 0 Å². The summed E-state index contributed by atoms with van der Waals surface area (Å²) in [5.41, 5.74) is 3.69. The molecule has 1 unspecified atom stereocenters. The molecular formula is C14H17BN4O2. The van der Waals surface area contributed by atoms with E-state index < -0.39 is 0 Å². The fraction of sp³-hybridized carbons (Fsp3) is 0.429. The van der Waals surface area contributed by atoms with Crippen molar-refractivity contribution in [2.75, 3.05) is 0 Å². The van der Waals surface area contributed by atoms with Crippen LogP contribution in [0.25, 0.3) is 5.88 Å². The first kappa shape index (κ1) is 15.0. The summed E-state index contributed by atoms with van der Waals surface area (Å²) in [6.07, 6.45) is -0.204. The van der Waals surface area contributed by atoms with Gasteiger partial charge in [-0.3, -0.25) is 0 Å². The number of nitrogens with zero attached hydrogens (tertiary/aromatic N) is 3. The lowest BCUT2D eigenvalue weighted by Crippen LogP contribution is -2.18. The third-order valence-electron chi connectivity index (χ3n) is 3.56. The van der Waals surface area contributed by atoms with Gasteiger partial charge in [-0.2, -0.15) is 10.4 Å². The summed E-state index contributed by atoms with van der Waals surface area (Å²) >= 11 is 0. The molecule has 21 heavy (non-hydrogen) atoms. The number of aromatic nitrogens is 2. The fourth-order valence-electron chi connectivity index (χ4n) is 2.24. The summed E-state index contributed by atoms with van der Waals surface area (Å²) in [6, 6.07) is 2.09. The van der Waals surface area contributed by atoms with E-state index in [4.69, 9.17) is 17.4 Å². The van der Waals surface area contributed by atoms with Crippen LogP contribution in [0.1, 0.15) is 30.8 Å². The van der Waals surface area contributed by atoms with E-state index in [9.17, 15) is 5.26 Å². The SMILES string of the molecule is [B]OC(=C(C#N)C1=C(C)NC(C)O1)n1nc(C)c(C)c1C. The number of rotatable bonds is 3. The molecule has 1 aromatic heterocycles. The highest BCUT2D eigenvalue weighted by molar-refractivity contribution is 6.01. The predicted octanol–water partition coefficient (Wildman–Crippen LogP) is 1.80. The smallest absolute Gasteiger partial charge is 0.376 e. The Kier molecular flexibility index (Phi) is 3.98. The third-order valence-corrected chi connectivity index (χ3v) is 3.56. The van der Waals surface area contributed by atoms with E-state index >= 15 is 0 Å². The largest absolute Gasteiger partial charge is 0.554 e. The van der Waals surface area contributed by atoms with Gasteiger partial charge in [-0.05, 0) is 40.2 Å². The molecule has 0 saturated heterocycles. The van der Waals surface area contributed by atoms with Crippen LogP contribution in [-0.4, -0.2) is 24.1 Å². The first-order chi connectivity index (χ1) is 9.90. The molecule has 0 bridgehead atoms. The van der Waals surface area contributed by atoms with Crippen LogP contribution in [0.5, 0.6) is 0 Å². The van der Waals surface area contributed by atoms with Gasteiger partial charge in [-0.25, -0.2) is 4.68 Å². The van der Waals surface area contributed by atoms with Crippen LogP contribution in [0.15, 0.2) is 17.0 Å². The van der Waals surface area contributed by atoms with Crippen LogP contribution in [0, 0.1) is 32.1 Å². The summed E-state index contributed by atoms with van der Waals surface area (Å²) in [6.45, 7) is 9.41. The first-order valence-corrected chi connectivity index (χ1v) is 6.59. The highest BCUT2D eigenvalue weighted by Gasteiger charge is 2.26. The minimum absolute atomic E-state index is 0.149. The van der Waals surface area contributed by atoms with Crippen LogP contribution in [-0.2, 0) is 9.39 Å². The molecule has 0 spiro atoms. The topological polar surface area (TPSA) is 72.1 Å². The van der Waals surface area contributed by atoms with E-state index in [0.29, 0.717) is 5.76 Å². The third kappa shape index (κ3) is 2.49. The molecule has 2 heterocycles. The molecule has 1 aliphatic heterocycles. The van der Waals surface area contributed by atoms with Gasteiger partial charge in [0.1, 0.15) is 6.07 Å². The maximum atomic E-state index is 9.49. The monoisotopic (exact) mass is 284 g/mol. The zero-order chi connectivity index (χ0) is 15.7. The average molecular weight is 284 g/mol. The van der Waals surface area contributed by atoms with Gasteiger partial charge in [-0.15, -0.1) is 0 Å².